The lowest BCUT2D eigenvalue weighted by atomic mass is 9.88. The van der Waals surface area contributed by atoms with Crippen molar-refractivity contribution in [3.05, 3.63) is 66.4 Å². The molecule has 1 aromatic heterocycles. The second kappa shape index (κ2) is 6.74. The first-order valence-electron chi connectivity index (χ1n) is 9.89. The lowest BCUT2D eigenvalue weighted by Gasteiger charge is -2.46. The van der Waals surface area contributed by atoms with E-state index in [1.54, 1.807) is 22.9 Å². The Morgan fingerprint density at radius 3 is 2.48 bits per heavy atom. The number of β-amino-alcohol motifs (C(OH)–C–C–N with tert-alkyl or cyclic N) is 1. The molecule has 0 atom stereocenters. The first kappa shape index (κ1) is 17.9. The highest BCUT2D eigenvalue weighted by molar-refractivity contribution is 6.01. The molecule has 6 heteroatoms. The average Bonchev–Trinajstić information content (AvgIpc) is 3.50. The first-order chi connectivity index (χ1) is 14.1. The average molecular weight is 389 g/mol. The number of amides is 1. The van der Waals surface area contributed by atoms with Gasteiger partial charge in [0.2, 0.25) is 0 Å². The smallest absolute Gasteiger partial charge is 0.257 e. The van der Waals surface area contributed by atoms with Crippen LogP contribution in [0, 0.1) is 5.92 Å². The summed E-state index contributed by atoms with van der Waals surface area (Å²) < 4.78 is 7.23. The van der Waals surface area contributed by atoms with E-state index in [0.29, 0.717) is 36.0 Å². The fraction of sp³-hybridized carbons (Fsp3) is 0.304. The molecule has 1 aliphatic heterocycles. The molecule has 2 heterocycles. The minimum Gasteiger partial charge on any atom is -0.496 e. The maximum absolute atomic E-state index is 13.3. The van der Waals surface area contributed by atoms with Gasteiger partial charge in [-0.3, -0.25) is 4.79 Å². The van der Waals surface area contributed by atoms with Gasteiger partial charge in [-0.15, -0.1) is 0 Å². The van der Waals surface area contributed by atoms with Crippen molar-refractivity contribution in [3.63, 3.8) is 0 Å². The second-order valence-electron chi connectivity index (χ2n) is 7.91. The summed E-state index contributed by atoms with van der Waals surface area (Å²) in [7, 11) is 1.61. The number of rotatable bonds is 5. The van der Waals surface area contributed by atoms with E-state index < -0.39 is 5.60 Å². The van der Waals surface area contributed by atoms with Gasteiger partial charge in [0.15, 0.2) is 0 Å². The fourth-order valence-electron chi connectivity index (χ4n) is 4.09. The van der Waals surface area contributed by atoms with Crippen LogP contribution in [0.1, 0.15) is 23.2 Å². The molecule has 0 radical (unpaired) electrons. The number of carbonyl (C=O) groups excluding carboxylic acids is 1. The molecular weight excluding hydrogens is 366 g/mol. The number of methoxy groups -OCH3 is 1. The Morgan fingerprint density at radius 1 is 1.10 bits per heavy atom. The minimum absolute atomic E-state index is 0.113. The predicted molar refractivity (Wildman–Crippen MR) is 109 cm³/mol. The fourth-order valence-corrected chi connectivity index (χ4v) is 4.09. The molecule has 0 bridgehead atoms. The highest BCUT2D eigenvalue weighted by Crippen LogP contribution is 2.45. The van der Waals surface area contributed by atoms with Crippen LogP contribution in [0.5, 0.6) is 5.75 Å². The Morgan fingerprint density at radius 2 is 1.79 bits per heavy atom. The van der Waals surface area contributed by atoms with Crippen LogP contribution in [0.4, 0.5) is 0 Å². The van der Waals surface area contributed by atoms with Crippen LogP contribution in [0.15, 0.2) is 60.8 Å². The molecule has 1 saturated heterocycles. The third kappa shape index (κ3) is 3.09. The number of hydrogen-bond acceptors (Lipinski definition) is 4. The molecule has 1 amide bonds. The van der Waals surface area contributed by atoms with Crippen molar-refractivity contribution in [1.82, 2.24) is 14.7 Å². The standard InChI is InChI=1S/C23H23N3O3/c1-29-20-10-6-5-9-18(20)21-19(13-26(24-21)17-7-3-2-4-8-17)22(27)25-14-23(28,15-25)16-11-12-16/h2-10,13,16,28H,11-12,14-15H2,1H3. The van der Waals surface area contributed by atoms with E-state index in [4.69, 9.17) is 9.84 Å². The van der Waals surface area contributed by atoms with Crippen LogP contribution in [-0.2, 0) is 0 Å². The zero-order chi connectivity index (χ0) is 20.0. The van der Waals surface area contributed by atoms with E-state index in [9.17, 15) is 9.90 Å². The number of aromatic nitrogens is 2. The normalized spacial score (nSPS) is 17.7. The molecule has 0 unspecified atom stereocenters. The van der Waals surface area contributed by atoms with Gasteiger partial charge in [-0.1, -0.05) is 30.3 Å². The summed E-state index contributed by atoms with van der Waals surface area (Å²) in [6, 6.07) is 17.3. The number of likely N-dealkylation sites (tertiary alicyclic amines) is 1. The van der Waals surface area contributed by atoms with E-state index in [-0.39, 0.29) is 5.91 Å². The largest absolute Gasteiger partial charge is 0.496 e. The van der Waals surface area contributed by atoms with Crippen molar-refractivity contribution < 1.29 is 14.6 Å². The molecule has 5 rings (SSSR count). The van der Waals surface area contributed by atoms with Crippen LogP contribution in [0.3, 0.4) is 0 Å². The van der Waals surface area contributed by atoms with E-state index in [0.717, 1.165) is 24.1 Å². The Kier molecular flexibility index (Phi) is 4.17. The monoisotopic (exact) mass is 389 g/mol. The minimum atomic E-state index is -0.713. The van der Waals surface area contributed by atoms with Crippen molar-refractivity contribution in [1.29, 1.82) is 0 Å². The number of para-hydroxylation sites is 2. The van der Waals surface area contributed by atoms with Crippen molar-refractivity contribution in [3.8, 4) is 22.7 Å². The van der Waals surface area contributed by atoms with Crippen molar-refractivity contribution >= 4 is 5.91 Å². The van der Waals surface area contributed by atoms with Gasteiger partial charge in [0.25, 0.3) is 5.91 Å². The molecule has 2 aromatic carbocycles. The van der Waals surface area contributed by atoms with Crippen molar-refractivity contribution in [2.24, 2.45) is 5.92 Å². The number of ether oxygens (including phenoxy) is 1. The molecule has 3 aromatic rings. The molecule has 2 aliphatic rings. The molecule has 1 saturated carbocycles. The van der Waals surface area contributed by atoms with Gasteiger partial charge < -0.3 is 14.7 Å². The maximum atomic E-state index is 13.3. The van der Waals surface area contributed by atoms with Crippen LogP contribution >= 0.6 is 0 Å². The highest BCUT2D eigenvalue weighted by Gasteiger charge is 2.53. The lowest BCUT2D eigenvalue weighted by molar-refractivity contribution is -0.0957. The predicted octanol–water partition coefficient (Wildman–Crippen LogP) is 3.14. The number of hydrogen-bond donors (Lipinski definition) is 1. The summed E-state index contributed by atoms with van der Waals surface area (Å²) in [6.07, 6.45) is 3.88. The van der Waals surface area contributed by atoms with Gasteiger partial charge in [-0.2, -0.15) is 5.10 Å². The quantitative estimate of drug-likeness (QED) is 0.728. The lowest BCUT2D eigenvalue weighted by Crippen LogP contribution is -2.64. The van der Waals surface area contributed by atoms with Gasteiger partial charge >= 0.3 is 0 Å². The summed E-state index contributed by atoms with van der Waals surface area (Å²) in [5, 5.41) is 15.4. The molecule has 6 nitrogen and oxygen atoms in total. The van der Waals surface area contributed by atoms with Crippen molar-refractivity contribution in [2.45, 2.75) is 18.4 Å². The van der Waals surface area contributed by atoms with Gasteiger partial charge in [0.1, 0.15) is 17.0 Å². The highest BCUT2D eigenvalue weighted by atomic mass is 16.5. The van der Waals surface area contributed by atoms with E-state index in [1.165, 1.54) is 0 Å². The van der Waals surface area contributed by atoms with Gasteiger partial charge in [-0.25, -0.2) is 4.68 Å². The van der Waals surface area contributed by atoms with Crippen molar-refractivity contribution in [2.75, 3.05) is 20.2 Å². The zero-order valence-electron chi connectivity index (χ0n) is 16.3. The molecule has 0 spiro atoms. The van der Waals surface area contributed by atoms with Gasteiger partial charge in [-0.05, 0) is 43.0 Å². The second-order valence-corrected chi connectivity index (χ2v) is 7.91. The summed E-state index contributed by atoms with van der Waals surface area (Å²) in [4.78, 5) is 15.0. The number of nitrogens with zero attached hydrogens (tertiary/aromatic N) is 3. The van der Waals surface area contributed by atoms with Crippen LogP contribution in [0.25, 0.3) is 16.9 Å². The van der Waals surface area contributed by atoms with E-state index >= 15 is 0 Å². The SMILES string of the molecule is COc1ccccc1-c1nn(-c2ccccc2)cc1C(=O)N1CC(O)(C2CC2)C1. The van der Waals surface area contributed by atoms with Crippen LogP contribution in [0.2, 0.25) is 0 Å². The third-order valence-corrected chi connectivity index (χ3v) is 5.88. The molecule has 1 N–H and O–H groups in total. The Balaban J connectivity index is 1.54. The van der Waals surface area contributed by atoms with Gasteiger partial charge in [0.05, 0.1) is 31.5 Å². The number of carbonyl (C=O) groups is 1. The first-order valence-corrected chi connectivity index (χ1v) is 9.89. The summed E-state index contributed by atoms with van der Waals surface area (Å²) in [6.45, 7) is 0.775. The van der Waals surface area contributed by atoms with E-state index in [2.05, 4.69) is 0 Å². The molecular formula is C23H23N3O3. The van der Waals surface area contributed by atoms with Crippen LogP contribution in [-0.4, -0.2) is 51.5 Å². The molecule has 148 valence electrons. The number of aliphatic hydroxyl groups is 1. The Bertz CT molecular complexity index is 1050. The topological polar surface area (TPSA) is 67.6 Å². The zero-order valence-corrected chi connectivity index (χ0v) is 16.3. The third-order valence-electron chi connectivity index (χ3n) is 5.88. The van der Waals surface area contributed by atoms with Crippen LogP contribution < -0.4 is 4.74 Å². The molecule has 2 fully saturated rings. The Labute approximate surface area is 169 Å². The molecule has 29 heavy (non-hydrogen) atoms. The summed E-state index contributed by atoms with van der Waals surface area (Å²) in [5.41, 5.74) is 2.02. The van der Waals surface area contributed by atoms with Gasteiger partial charge in [0, 0.05) is 11.8 Å². The summed E-state index contributed by atoms with van der Waals surface area (Å²) >= 11 is 0. The number of benzene rings is 2. The molecule has 1 aliphatic carbocycles. The van der Waals surface area contributed by atoms with E-state index in [1.807, 2.05) is 54.6 Å². The summed E-state index contributed by atoms with van der Waals surface area (Å²) in [5.74, 6) is 0.892. The Hall–Kier alpha value is -3.12. The maximum Gasteiger partial charge on any atom is 0.257 e.